The highest BCUT2D eigenvalue weighted by Crippen LogP contribution is 2.26. The molecule has 0 aromatic heterocycles. The van der Waals surface area contributed by atoms with Gasteiger partial charge in [-0.05, 0) is 31.1 Å². The first kappa shape index (κ1) is 15.2. The third-order valence-electron chi connectivity index (χ3n) is 3.78. The minimum absolute atomic E-state index is 0.0389. The van der Waals surface area contributed by atoms with Crippen LogP contribution in [-0.4, -0.2) is 17.7 Å². The zero-order valence-corrected chi connectivity index (χ0v) is 12.2. The summed E-state index contributed by atoms with van der Waals surface area (Å²) in [6.45, 7) is 7.51. The molecule has 0 saturated heterocycles. The van der Waals surface area contributed by atoms with Crippen molar-refractivity contribution in [2.24, 2.45) is 11.3 Å². The van der Waals surface area contributed by atoms with E-state index in [2.05, 4.69) is 5.32 Å². The molecule has 0 aromatic rings. The highest BCUT2D eigenvalue weighted by atomic mass is 16.2. The molecular formula is C15H27NO2. The van der Waals surface area contributed by atoms with Gasteiger partial charge >= 0.3 is 0 Å². The average Bonchev–Trinajstić information content (AvgIpc) is 2.25. The minimum Gasteiger partial charge on any atom is -0.346 e. The van der Waals surface area contributed by atoms with Gasteiger partial charge in [0.25, 0.3) is 0 Å². The van der Waals surface area contributed by atoms with Crippen LogP contribution in [0.2, 0.25) is 0 Å². The molecule has 1 rings (SSSR count). The van der Waals surface area contributed by atoms with Crippen molar-refractivity contribution in [2.45, 2.75) is 72.3 Å². The highest BCUT2D eigenvalue weighted by Gasteiger charge is 2.30. The lowest BCUT2D eigenvalue weighted by atomic mass is 9.83. The fraction of sp³-hybridized carbons (Fsp3) is 0.867. The Bertz CT molecular complexity index is 298. The van der Waals surface area contributed by atoms with Crippen molar-refractivity contribution in [1.82, 2.24) is 5.32 Å². The van der Waals surface area contributed by atoms with E-state index < -0.39 is 0 Å². The summed E-state index contributed by atoms with van der Waals surface area (Å²) in [5.41, 5.74) is -0.214. The number of amides is 1. The van der Waals surface area contributed by atoms with E-state index in [-0.39, 0.29) is 23.1 Å². The summed E-state index contributed by atoms with van der Waals surface area (Å²) in [7, 11) is 0. The number of carbonyl (C=O) groups excluding carboxylic acids is 2. The van der Waals surface area contributed by atoms with Crippen molar-refractivity contribution in [3.63, 3.8) is 0 Å². The number of hydrogen-bond acceptors (Lipinski definition) is 2. The van der Waals surface area contributed by atoms with Gasteiger partial charge < -0.3 is 5.32 Å². The van der Waals surface area contributed by atoms with Crippen LogP contribution >= 0.6 is 0 Å². The van der Waals surface area contributed by atoms with Crippen molar-refractivity contribution in [2.75, 3.05) is 0 Å². The van der Waals surface area contributed by atoms with Crippen LogP contribution in [0.15, 0.2) is 0 Å². The lowest BCUT2D eigenvalue weighted by Crippen LogP contribution is -2.48. The van der Waals surface area contributed by atoms with E-state index in [1.54, 1.807) is 6.92 Å². The van der Waals surface area contributed by atoms with Crippen LogP contribution in [0.1, 0.15) is 66.2 Å². The normalized spacial score (nSPS) is 19.3. The van der Waals surface area contributed by atoms with Gasteiger partial charge in [0.2, 0.25) is 5.91 Å². The quantitative estimate of drug-likeness (QED) is 0.837. The average molecular weight is 253 g/mol. The predicted molar refractivity (Wildman–Crippen MR) is 73.3 cm³/mol. The number of Topliss-reactive ketones (excluding diaryl/α,β-unsaturated/α-hetero) is 1. The molecule has 3 heteroatoms. The van der Waals surface area contributed by atoms with Crippen molar-refractivity contribution in [1.29, 1.82) is 0 Å². The van der Waals surface area contributed by atoms with Crippen molar-refractivity contribution in [3.8, 4) is 0 Å². The standard InChI is InChI=1S/C15H27NO2/c1-11(17)14(15(2,3)4)16-13(18)10-12-8-6-5-7-9-12/h12,14H,5-10H2,1-4H3,(H,16,18). The van der Waals surface area contributed by atoms with Crippen LogP contribution in [0.25, 0.3) is 0 Å². The molecule has 1 aliphatic rings. The van der Waals surface area contributed by atoms with Gasteiger partial charge in [0, 0.05) is 6.42 Å². The van der Waals surface area contributed by atoms with Crippen molar-refractivity contribution in [3.05, 3.63) is 0 Å². The Balaban J connectivity index is 2.48. The maximum Gasteiger partial charge on any atom is 0.220 e. The molecule has 0 aliphatic heterocycles. The number of carbonyl (C=O) groups is 2. The molecule has 1 saturated carbocycles. The molecule has 0 bridgehead atoms. The predicted octanol–water partition coefficient (Wildman–Crippen LogP) is 3.08. The molecule has 1 fully saturated rings. The molecule has 18 heavy (non-hydrogen) atoms. The van der Waals surface area contributed by atoms with Gasteiger partial charge in [-0.15, -0.1) is 0 Å². The van der Waals surface area contributed by atoms with E-state index >= 15 is 0 Å². The van der Waals surface area contributed by atoms with E-state index in [0.717, 1.165) is 12.8 Å². The second-order valence-electron chi connectivity index (χ2n) is 6.69. The van der Waals surface area contributed by atoms with E-state index in [0.29, 0.717) is 12.3 Å². The number of ketones is 1. The molecule has 1 atom stereocenters. The van der Waals surface area contributed by atoms with Gasteiger partial charge in [0.1, 0.15) is 0 Å². The summed E-state index contributed by atoms with van der Waals surface area (Å²) in [6, 6.07) is -0.367. The van der Waals surface area contributed by atoms with Gasteiger partial charge in [-0.25, -0.2) is 0 Å². The second kappa shape index (κ2) is 6.35. The maximum absolute atomic E-state index is 12.0. The van der Waals surface area contributed by atoms with Gasteiger partial charge in [-0.2, -0.15) is 0 Å². The lowest BCUT2D eigenvalue weighted by Gasteiger charge is -2.30. The Labute approximate surface area is 111 Å². The molecule has 3 nitrogen and oxygen atoms in total. The first-order chi connectivity index (χ1) is 8.30. The molecule has 1 aliphatic carbocycles. The molecule has 104 valence electrons. The third-order valence-corrected chi connectivity index (χ3v) is 3.78. The summed E-state index contributed by atoms with van der Waals surface area (Å²) in [6.07, 6.45) is 6.69. The van der Waals surface area contributed by atoms with Gasteiger partial charge in [-0.1, -0.05) is 40.0 Å². The lowest BCUT2D eigenvalue weighted by molar-refractivity contribution is -0.129. The maximum atomic E-state index is 12.0. The van der Waals surface area contributed by atoms with Crippen LogP contribution in [0.5, 0.6) is 0 Å². The summed E-state index contributed by atoms with van der Waals surface area (Å²) in [5, 5.41) is 2.92. The summed E-state index contributed by atoms with van der Waals surface area (Å²) < 4.78 is 0. The SMILES string of the molecule is CC(=O)C(NC(=O)CC1CCCCC1)C(C)(C)C. The first-order valence-corrected chi connectivity index (χ1v) is 7.10. The van der Waals surface area contributed by atoms with E-state index in [1.165, 1.54) is 19.3 Å². The van der Waals surface area contributed by atoms with Crippen molar-refractivity contribution < 1.29 is 9.59 Å². The van der Waals surface area contributed by atoms with Crippen LogP contribution in [-0.2, 0) is 9.59 Å². The molecule has 1 unspecified atom stereocenters. The summed E-state index contributed by atoms with van der Waals surface area (Å²) in [5.74, 6) is 0.600. The Morgan fingerprint density at radius 3 is 2.17 bits per heavy atom. The fourth-order valence-electron chi connectivity index (χ4n) is 2.80. The van der Waals surface area contributed by atoms with Crippen LogP contribution < -0.4 is 5.32 Å². The summed E-state index contributed by atoms with van der Waals surface area (Å²) in [4.78, 5) is 23.6. The number of nitrogens with one attached hydrogen (secondary N) is 1. The smallest absolute Gasteiger partial charge is 0.220 e. The third kappa shape index (κ3) is 4.79. The van der Waals surface area contributed by atoms with Crippen molar-refractivity contribution >= 4 is 11.7 Å². The topological polar surface area (TPSA) is 46.2 Å². The molecule has 1 amide bonds. The van der Waals surface area contributed by atoms with E-state index in [9.17, 15) is 9.59 Å². The molecular weight excluding hydrogens is 226 g/mol. The molecule has 0 heterocycles. The Hall–Kier alpha value is -0.860. The van der Waals surface area contributed by atoms with Gasteiger partial charge in [0.05, 0.1) is 6.04 Å². The Kier molecular flexibility index (Phi) is 5.36. The minimum atomic E-state index is -0.367. The molecule has 0 radical (unpaired) electrons. The van der Waals surface area contributed by atoms with Crippen LogP contribution in [0.3, 0.4) is 0 Å². The zero-order valence-electron chi connectivity index (χ0n) is 12.2. The Morgan fingerprint density at radius 1 is 1.17 bits per heavy atom. The van der Waals surface area contributed by atoms with Crippen LogP contribution in [0.4, 0.5) is 0 Å². The largest absolute Gasteiger partial charge is 0.346 e. The van der Waals surface area contributed by atoms with Gasteiger partial charge in [-0.3, -0.25) is 9.59 Å². The Morgan fingerprint density at radius 2 is 1.72 bits per heavy atom. The first-order valence-electron chi connectivity index (χ1n) is 7.10. The number of hydrogen-bond donors (Lipinski definition) is 1. The monoisotopic (exact) mass is 253 g/mol. The fourth-order valence-corrected chi connectivity index (χ4v) is 2.80. The second-order valence-corrected chi connectivity index (χ2v) is 6.69. The number of rotatable bonds is 4. The van der Waals surface area contributed by atoms with Gasteiger partial charge in [0.15, 0.2) is 5.78 Å². The zero-order chi connectivity index (χ0) is 13.8. The molecule has 0 spiro atoms. The summed E-state index contributed by atoms with van der Waals surface area (Å²) >= 11 is 0. The molecule has 1 N–H and O–H groups in total. The molecule has 0 aromatic carbocycles. The van der Waals surface area contributed by atoms with Crippen LogP contribution in [0, 0.1) is 11.3 Å². The van der Waals surface area contributed by atoms with E-state index in [1.807, 2.05) is 20.8 Å². The van der Waals surface area contributed by atoms with E-state index in [4.69, 9.17) is 0 Å². The highest BCUT2D eigenvalue weighted by molar-refractivity contribution is 5.88.